The number of hydrogen-bond donors (Lipinski definition) is 2. The molecule has 1 heterocycles. The quantitative estimate of drug-likeness (QED) is 0.593. The number of carboxylic acid groups (broad SMARTS) is 1. The molecule has 1 fully saturated rings. The number of nitrogens with zero attached hydrogens (tertiary/aromatic N) is 1. The number of nitrogens with one attached hydrogen (secondary N) is 1. The van der Waals surface area contributed by atoms with Crippen LogP contribution in [0.3, 0.4) is 0 Å². The van der Waals surface area contributed by atoms with E-state index in [2.05, 4.69) is 10.2 Å². The fraction of sp³-hybridized carbons (Fsp3) is 0.409. The standard InChI is InChI=1S/C22H25F3N2O5S/c23-22(24,25)18-5-1-16(2-6-18)17-3-7-20(8-4-17)33(30,31)15-19(26-21(28)29)9-10-27-11-13-32-14-12-27/h1-8,19,26H,9-15H2,(H,28,29). The zero-order valence-electron chi connectivity index (χ0n) is 17.7. The summed E-state index contributed by atoms with van der Waals surface area (Å²) in [4.78, 5) is 13.3. The summed E-state index contributed by atoms with van der Waals surface area (Å²) in [5.41, 5.74) is 0.317. The van der Waals surface area contributed by atoms with Gasteiger partial charge < -0.3 is 15.2 Å². The minimum absolute atomic E-state index is 0.0155. The Balaban J connectivity index is 1.68. The highest BCUT2D eigenvalue weighted by Gasteiger charge is 2.30. The van der Waals surface area contributed by atoms with Crippen molar-refractivity contribution in [3.05, 3.63) is 54.1 Å². The van der Waals surface area contributed by atoms with Crippen LogP contribution in [0.25, 0.3) is 11.1 Å². The molecular formula is C22H25F3N2O5S. The summed E-state index contributed by atoms with van der Waals surface area (Å²) < 4.78 is 69.2. The summed E-state index contributed by atoms with van der Waals surface area (Å²) in [7, 11) is -3.80. The van der Waals surface area contributed by atoms with Crippen molar-refractivity contribution in [3.63, 3.8) is 0 Å². The van der Waals surface area contributed by atoms with Crippen LogP contribution in [0.2, 0.25) is 0 Å². The summed E-state index contributed by atoms with van der Waals surface area (Å²) in [6, 6.07) is 9.59. The second kappa shape index (κ2) is 10.5. The first-order chi connectivity index (χ1) is 15.5. The van der Waals surface area contributed by atoms with Crippen LogP contribution >= 0.6 is 0 Å². The second-order valence-corrected chi connectivity index (χ2v) is 9.80. The molecule has 1 amide bonds. The van der Waals surface area contributed by atoms with E-state index in [1.807, 2.05) is 0 Å². The number of halogens is 3. The normalized spacial score (nSPS) is 16.3. The van der Waals surface area contributed by atoms with E-state index in [4.69, 9.17) is 9.84 Å². The molecule has 0 saturated carbocycles. The topological polar surface area (TPSA) is 95.9 Å². The molecule has 1 aliphatic heterocycles. The van der Waals surface area contributed by atoms with Gasteiger partial charge in [-0.2, -0.15) is 13.2 Å². The molecule has 0 spiro atoms. The van der Waals surface area contributed by atoms with Gasteiger partial charge in [0.25, 0.3) is 0 Å². The van der Waals surface area contributed by atoms with Crippen molar-refractivity contribution in [3.8, 4) is 11.1 Å². The van der Waals surface area contributed by atoms with E-state index in [0.29, 0.717) is 50.4 Å². The van der Waals surface area contributed by atoms with E-state index in [-0.39, 0.29) is 4.90 Å². The maximum atomic E-state index is 12.9. The van der Waals surface area contributed by atoms with Crippen LogP contribution in [0.4, 0.5) is 18.0 Å². The van der Waals surface area contributed by atoms with E-state index in [9.17, 15) is 26.4 Å². The molecule has 0 bridgehead atoms. The molecule has 0 aliphatic carbocycles. The van der Waals surface area contributed by atoms with Gasteiger partial charge in [-0.1, -0.05) is 24.3 Å². The lowest BCUT2D eigenvalue weighted by atomic mass is 10.0. The van der Waals surface area contributed by atoms with Crippen LogP contribution < -0.4 is 5.32 Å². The van der Waals surface area contributed by atoms with Gasteiger partial charge in [-0.05, 0) is 41.8 Å². The first kappa shape index (κ1) is 25.0. The first-order valence-corrected chi connectivity index (χ1v) is 12.0. The molecule has 2 aromatic carbocycles. The van der Waals surface area contributed by atoms with Crippen molar-refractivity contribution in [1.82, 2.24) is 10.2 Å². The molecule has 11 heteroatoms. The van der Waals surface area contributed by atoms with Crippen molar-refractivity contribution in [1.29, 1.82) is 0 Å². The van der Waals surface area contributed by atoms with E-state index in [1.54, 1.807) is 0 Å². The van der Waals surface area contributed by atoms with E-state index in [1.165, 1.54) is 36.4 Å². The third-order valence-corrected chi connectivity index (χ3v) is 7.24. The fourth-order valence-corrected chi connectivity index (χ4v) is 5.13. The van der Waals surface area contributed by atoms with E-state index < -0.39 is 39.5 Å². The molecule has 2 aromatic rings. The van der Waals surface area contributed by atoms with Gasteiger partial charge in [0.2, 0.25) is 0 Å². The molecule has 1 saturated heterocycles. The van der Waals surface area contributed by atoms with Crippen LogP contribution in [0.1, 0.15) is 12.0 Å². The second-order valence-electron chi connectivity index (χ2n) is 7.77. The molecule has 180 valence electrons. The lowest BCUT2D eigenvalue weighted by Gasteiger charge is -2.28. The Kier molecular flexibility index (Phi) is 7.98. The zero-order chi connectivity index (χ0) is 24.1. The average molecular weight is 487 g/mol. The highest BCUT2D eigenvalue weighted by atomic mass is 32.2. The molecule has 2 N–H and O–H groups in total. The summed E-state index contributed by atoms with van der Waals surface area (Å²) in [6.45, 7) is 3.12. The number of hydrogen-bond acceptors (Lipinski definition) is 5. The molecule has 0 radical (unpaired) electrons. The summed E-state index contributed by atoms with van der Waals surface area (Å²) in [5.74, 6) is -0.400. The molecule has 33 heavy (non-hydrogen) atoms. The number of morpholine rings is 1. The molecule has 1 aliphatic rings. The SMILES string of the molecule is O=C(O)NC(CCN1CCOCC1)CS(=O)(=O)c1ccc(-c2ccc(C(F)(F)F)cc2)cc1. The largest absolute Gasteiger partial charge is 0.465 e. The van der Waals surface area contributed by atoms with Gasteiger partial charge in [0.1, 0.15) is 0 Å². The number of benzene rings is 2. The molecule has 0 aromatic heterocycles. The number of alkyl halides is 3. The fourth-order valence-electron chi connectivity index (χ4n) is 3.60. The monoisotopic (exact) mass is 486 g/mol. The van der Waals surface area contributed by atoms with Crippen molar-refractivity contribution in [2.75, 3.05) is 38.6 Å². The van der Waals surface area contributed by atoms with Gasteiger partial charge in [0, 0.05) is 25.7 Å². The minimum atomic E-state index is -4.43. The number of rotatable bonds is 8. The Hall–Kier alpha value is -2.63. The van der Waals surface area contributed by atoms with Crippen LogP contribution in [0.5, 0.6) is 0 Å². The third-order valence-electron chi connectivity index (χ3n) is 5.40. The van der Waals surface area contributed by atoms with Gasteiger partial charge in [-0.25, -0.2) is 13.2 Å². The van der Waals surface area contributed by atoms with E-state index >= 15 is 0 Å². The number of sulfone groups is 1. The highest BCUT2D eigenvalue weighted by molar-refractivity contribution is 7.91. The minimum Gasteiger partial charge on any atom is -0.465 e. The molecule has 7 nitrogen and oxygen atoms in total. The maximum absolute atomic E-state index is 12.9. The number of carbonyl (C=O) groups is 1. The lowest BCUT2D eigenvalue weighted by molar-refractivity contribution is -0.137. The molecule has 1 atom stereocenters. The van der Waals surface area contributed by atoms with Gasteiger partial charge in [0.15, 0.2) is 9.84 Å². The van der Waals surface area contributed by atoms with Crippen LogP contribution in [-0.4, -0.2) is 69.2 Å². The predicted octanol–water partition coefficient (Wildman–Crippen LogP) is 3.50. The van der Waals surface area contributed by atoms with Crippen molar-refractivity contribution >= 4 is 15.9 Å². The van der Waals surface area contributed by atoms with Gasteiger partial charge in [-0.15, -0.1) is 0 Å². The Bertz CT molecular complexity index is 1040. The summed E-state index contributed by atoms with van der Waals surface area (Å²) in [6.07, 6.45) is -5.40. The number of amides is 1. The van der Waals surface area contributed by atoms with Crippen LogP contribution in [0.15, 0.2) is 53.4 Å². The molecule has 1 unspecified atom stereocenters. The van der Waals surface area contributed by atoms with Crippen LogP contribution in [-0.2, 0) is 20.8 Å². The van der Waals surface area contributed by atoms with Crippen LogP contribution in [0, 0.1) is 0 Å². The molecular weight excluding hydrogens is 461 g/mol. The maximum Gasteiger partial charge on any atom is 0.416 e. The molecule has 3 rings (SSSR count). The van der Waals surface area contributed by atoms with Crippen molar-refractivity contribution in [2.45, 2.75) is 23.5 Å². The Labute approximate surface area is 190 Å². The Morgan fingerprint density at radius 3 is 2.09 bits per heavy atom. The summed E-state index contributed by atoms with van der Waals surface area (Å²) >= 11 is 0. The van der Waals surface area contributed by atoms with Gasteiger partial charge in [0.05, 0.1) is 29.4 Å². The third kappa shape index (κ3) is 7.18. The van der Waals surface area contributed by atoms with Gasteiger partial charge in [-0.3, -0.25) is 4.90 Å². The summed E-state index contributed by atoms with van der Waals surface area (Å²) in [5, 5.41) is 11.4. The first-order valence-electron chi connectivity index (χ1n) is 10.3. The predicted molar refractivity (Wildman–Crippen MR) is 116 cm³/mol. The number of ether oxygens (including phenoxy) is 1. The average Bonchev–Trinajstić information content (AvgIpc) is 2.77. The zero-order valence-corrected chi connectivity index (χ0v) is 18.5. The highest BCUT2D eigenvalue weighted by Crippen LogP contribution is 2.31. The lowest BCUT2D eigenvalue weighted by Crippen LogP contribution is -2.43. The van der Waals surface area contributed by atoms with E-state index in [0.717, 1.165) is 12.1 Å². The Morgan fingerprint density at radius 2 is 1.58 bits per heavy atom. The van der Waals surface area contributed by atoms with Gasteiger partial charge >= 0.3 is 12.3 Å². The van der Waals surface area contributed by atoms with Crippen molar-refractivity contribution < 1.29 is 36.2 Å². The van der Waals surface area contributed by atoms with Crippen molar-refractivity contribution in [2.24, 2.45) is 0 Å². The smallest absolute Gasteiger partial charge is 0.416 e. The Morgan fingerprint density at radius 1 is 1.03 bits per heavy atom.